The van der Waals surface area contributed by atoms with Crippen LogP contribution in [0, 0.1) is 10.1 Å². The highest BCUT2D eigenvalue weighted by molar-refractivity contribution is 7.14. The van der Waals surface area contributed by atoms with Crippen LogP contribution in [0.5, 0.6) is 0 Å². The molecule has 4 rings (SSSR count). The first-order chi connectivity index (χ1) is 15.9. The van der Waals surface area contributed by atoms with Crippen molar-refractivity contribution in [2.75, 3.05) is 55.9 Å². The number of nitro groups is 1. The SMILES string of the molecule is COC(=O)c1ccsc1Nc1nc(Nc2ccc(N3CCN(C)CC3)cc2)ncc1[N+](=O)[O-]. The lowest BCUT2D eigenvalue weighted by Crippen LogP contribution is -2.44. The lowest BCUT2D eigenvalue weighted by atomic mass is 10.2. The van der Waals surface area contributed by atoms with Crippen LogP contribution in [0.3, 0.4) is 0 Å². The Morgan fingerprint density at radius 1 is 1.15 bits per heavy atom. The van der Waals surface area contributed by atoms with Gasteiger partial charge in [0, 0.05) is 37.6 Å². The number of rotatable bonds is 7. The molecule has 2 N–H and O–H groups in total. The Bertz CT molecular complexity index is 1140. The summed E-state index contributed by atoms with van der Waals surface area (Å²) < 4.78 is 4.75. The number of thiophene rings is 1. The summed E-state index contributed by atoms with van der Waals surface area (Å²) in [4.78, 5) is 35.8. The summed E-state index contributed by atoms with van der Waals surface area (Å²) in [6, 6.07) is 9.45. The van der Waals surface area contributed by atoms with E-state index >= 15 is 0 Å². The number of nitrogens with one attached hydrogen (secondary N) is 2. The van der Waals surface area contributed by atoms with Gasteiger partial charge in [-0.15, -0.1) is 11.3 Å². The Labute approximate surface area is 194 Å². The highest BCUT2D eigenvalue weighted by atomic mass is 32.1. The van der Waals surface area contributed by atoms with Crippen LogP contribution in [0.15, 0.2) is 41.9 Å². The predicted octanol–water partition coefficient (Wildman–Crippen LogP) is 3.47. The second-order valence-corrected chi connectivity index (χ2v) is 8.34. The number of methoxy groups -OCH3 is 1. The minimum Gasteiger partial charge on any atom is -0.465 e. The summed E-state index contributed by atoms with van der Waals surface area (Å²) in [5.74, 6) is -0.389. The number of anilines is 5. The minimum atomic E-state index is -0.581. The first-order valence-corrected chi connectivity index (χ1v) is 11.1. The smallest absolute Gasteiger partial charge is 0.340 e. The molecule has 0 bridgehead atoms. The van der Waals surface area contributed by atoms with Gasteiger partial charge in [0.05, 0.1) is 17.6 Å². The van der Waals surface area contributed by atoms with Crippen LogP contribution in [0.1, 0.15) is 10.4 Å². The number of carbonyl (C=O) groups is 1. The zero-order valence-electron chi connectivity index (χ0n) is 18.1. The first kappa shape index (κ1) is 22.4. The number of ether oxygens (including phenoxy) is 1. The van der Waals surface area contributed by atoms with E-state index in [2.05, 4.69) is 37.4 Å². The van der Waals surface area contributed by atoms with Gasteiger partial charge in [-0.3, -0.25) is 10.1 Å². The Morgan fingerprint density at radius 3 is 2.55 bits per heavy atom. The van der Waals surface area contributed by atoms with E-state index in [-0.39, 0.29) is 23.0 Å². The van der Waals surface area contributed by atoms with Crippen LogP contribution in [0.25, 0.3) is 0 Å². The van der Waals surface area contributed by atoms with Crippen LogP contribution < -0.4 is 15.5 Å². The van der Waals surface area contributed by atoms with Gasteiger partial charge in [-0.05, 0) is 42.8 Å². The normalized spacial score (nSPS) is 14.1. The van der Waals surface area contributed by atoms with Gasteiger partial charge >= 0.3 is 11.7 Å². The van der Waals surface area contributed by atoms with Crippen molar-refractivity contribution in [3.05, 3.63) is 57.6 Å². The first-order valence-electron chi connectivity index (χ1n) is 10.2. The number of hydrogen-bond donors (Lipinski definition) is 2. The Kier molecular flexibility index (Phi) is 6.66. The molecule has 1 aliphatic rings. The number of nitrogens with zero attached hydrogens (tertiary/aromatic N) is 5. The molecule has 0 atom stereocenters. The van der Waals surface area contributed by atoms with Crippen LogP contribution >= 0.6 is 11.3 Å². The highest BCUT2D eigenvalue weighted by Gasteiger charge is 2.21. The molecule has 33 heavy (non-hydrogen) atoms. The number of benzene rings is 1. The monoisotopic (exact) mass is 469 g/mol. The maximum Gasteiger partial charge on any atom is 0.340 e. The standard InChI is InChI=1S/C21H23N7O4S/c1-26-8-10-27(11-9-26)15-5-3-14(4-6-15)23-21-22-13-17(28(30)31)18(25-21)24-19-16(7-12-33-19)20(29)32-2/h3-7,12-13H,8-11H2,1-2H3,(H2,22,23,24,25). The van der Waals surface area contributed by atoms with Gasteiger partial charge in [0.2, 0.25) is 11.8 Å². The summed E-state index contributed by atoms with van der Waals surface area (Å²) in [5, 5.41) is 19.5. The van der Waals surface area contributed by atoms with Gasteiger partial charge in [-0.25, -0.2) is 9.78 Å². The van der Waals surface area contributed by atoms with Crippen molar-refractivity contribution in [1.82, 2.24) is 14.9 Å². The fourth-order valence-corrected chi connectivity index (χ4v) is 4.17. The lowest BCUT2D eigenvalue weighted by Gasteiger charge is -2.34. The van der Waals surface area contributed by atoms with Crippen molar-refractivity contribution >= 4 is 51.1 Å². The summed E-state index contributed by atoms with van der Waals surface area (Å²) >= 11 is 1.21. The van der Waals surface area contributed by atoms with Gasteiger partial charge in [-0.2, -0.15) is 4.98 Å². The quantitative estimate of drug-likeness (QED) is 0.302. The third kappa shape index (κ3) is 5.18. The van der Waals surface area contributed by atoms with Crippen molar-refractivity contribution in [1.29, 1.82) is 0 Å². The average Bonchev–Trinajstić information content (AvgIpc) is 3.28. The number of piperazine rings is 1. The van der Waals surface area contributed by atoms with Gasteiger partial charge in [-0.1, -0.05) is 0 Å². The Hall–Kier alpha value is -3.77. The molecule has 3 heterocycles. The number of carbonyl (C=O) groups excluding carboxylic acids is 1. The molecule has 0 aliphatic carbocycles. The predicted molar refractivity (Wildman–Crippen MR) is 127 cm³/mol. The average molecular weight is 470 g/mol. The lowest BCUT2D eigenvalue weighted by molar-refractivity contribution is -0.384. The molecule has 1 fully saturated rings. The van der Waals surface area contributed by atoms with E-state index in [4.69, 9.17) is 4.74 Å². The molecule has 0 spiro atoms. The van der Waals surface area contributed by atoms with E-state index in [9.17, 15) is 14.9 Å². The van der Waals surface area contributed by atoms with Crippen molar-refractivity contribution in [3.63, 3.8) is 0 Å². The molecule has 12 heteroatoms. The molecule has 3 aromatic rings. The molecule has 172 valence electrons. The Balaban J connectivity index is 1.52. The molecule has 1 aromatic carbocycles. The van der Waals surface area contributed by atoms with Crippen LogP contribution in [-0.2, 0) is 4.74 Å². The van der Waals surface area contributed by atoms with Crippen LogP contribution in [-0.4, -0.2) is 66.1 Å². The van der Waals surface area contributed by atoms with Gasteiger partial charge in [0.15, 0.2) is 0 Å². The van der Waals surface area contributed by atoms with Crippen LogP contribution in [0.2, 0.25) is 0 Å². The van der Waals surface area contributed by atoms with E-state index in [1.54, 1.807) is 11.4 Å². The van der Waals surface area contributed by atoms with Crippen molar-refractivity contribution in [2.24, 2.45) is 0 Å². The minimum absolute atomic E-state index is 0.0286. The number of esters is 1. The van der Waals surface area contributed by atoms with E-state index < -0.39 is 10.9 Å². The van der Waals surface area contributed by atoms with E-state index in [1.807, 2.05) is 24.3 Å². The largest absolute Gasteiger partial charge is 0.465 e. The molecule has 0 amide bonds. The van der Waals surface area contributed by atoms with E-state index in [0.29, 0.717) is 5.00 Å². The molecule has 1 aliphatic heterocycles. The zero-order valence-corrected chi connectivity index (χ0v) is 19.0. The highest BCUT2D eigenvalue weighted by Crippen LogP contribution is 2.32. The molecule has 0 unspecified atom stereocenters. The summed E-state index contributed by atoms with van der Waals surface area (Å²) in [6.07, 6.45) is 1.13. The number of likely N-dealkylation sites (N-methyl/N-ethyl adjacent to an activating group) is 1. The summed E-state index contributed by atoms with van der Waals surface area (Å²) in [5.41, 5.74) is 1.84. The maximum absolute atomic E-state index is 11.9. The third-order valence-electron chi connectivity index (χ3n) is 5.26. The van der Waals surface area contributed by atoms with E-state index in [0.717, 1.165) is 43.8 Å². The topological polar surface area (TPSA) is 126 Å². The second kappa shape index (κ2) is 9.79. The molecular weight excluding hydrogens is 446 g/mol. The number of hydrogen-bond acceptors (Lipinski definition) is 11. The molecule has 0 saturated carbocycles. The maximum atomic E-state index is 11.9. The van der Waals surface area contributed by atoms with Crippen molar-refractivity contribution in [2.45, 2.75) is 0 Å². The van der Waals surface area contributed by atoms with Gasteiger partial charge in [0.1, 0.15) is 11.2 Å². The fourth-order valence-electron chi connectivity index (χ4n) is 3.39. The third-order valence-corrected chi connectivity index (χ3v) is 6.09. The number of aromatic nitrogens is 2. The zero-order chi connectivity index (χ0) is 23.4. The van der Waals surface area contributed by atoms with Crippen LogP contribution in [0.4, 0.5) is 33.8 Å². The molecule has 0 radical (unpaired) electrons. The fraction of sp³-hybridized carbons (Fsp3) is 0.286. The van der Waals surface area contributed by atoms with E-state index in [1.165, 1.54) is 18.4 Å². The van der Waals surface area contributed by atoms with Crippen molar-refractivity contribution < 1.29 is 14.5 Å². The Morgan fingerprint density at radius 2 is 1.88 bits per heavy atom. The van der Waals surface area contributed by atoms with Crippen molar-refractivity contribution in [3.8, 4) is 0 Å². The molecule has 2 aromatic heterocycles. The molecule has 11 nitrogen and oxygen atoms in total. The molecule has 1 saturated heterocycles. The van der Waals surface area contributed by atoms with Gasteiger partial charge in [0.25, 0.3) is 0 Å². The summed E-state index contributed by atoms with van der Waals surface area (Å²) in [7, 11) is 3.39. The second-order valence-electron chi connectivity index (χ2n) is 7.43. The van der Waals surface area contributed by atoms with Gasteiger partial charge < -0.3 is 25.2 Å². The summed E-state index contributed by atoms with van der Waals surface area (Å²) in [6.45, 7) is 3.99. The molecular formula is C21H23N7O4S.